The Labute approximate surface area is 193 Å². The third-order valence-electron chi connectivity index (χ3n) is 6.30. The van der Waals surface area contributed by atoms with Crippen molar-refractivity contribution < 1.29 is 22.7 Å². The maximum absolute atomic E-state index is 13.5. The van der Waals surface area contributed by atoms with Crippen LogP contribution in [0.5, 0.6) is 5.75 Å². The van der Waals surface area contributed by atoms with Crippen molar-refractivity contribution in [2.75, 3.05) is 38.7 Å². The van der Waals surface area contributed by atoms with E-state index in [9.17, 15) is 13.2 Å². The number of nitrogens with zero attached hydrogens (tertiary/aromatic N) is 1. The highest BCUT2D eigenvalue weighted by atomic mass is 35.5. The summed E-state index contributed by atoms with van der Waals surface area (Å²) in [6.45, 7) is 1.26. The second-order valence-electron chi connectivity index (χ2n) is 8.13. The number of ether oxygens (including phenoxy) is 2. The molecule has 0 radical (unpaired) electrons. The summed E-state index contributed by atoms with van der Waals surface area (Å²) in [6, 6.07) is 12.1. The molecule has 0 bridgehead atoms. The van der Waals surface area contributed by atoms with Gasteiger partial charge in [-0.2, -0.15) is 4.31 Å². The summed E-state index contributed by atoms with van der Waals surface area (Å²) in [6.07, 6.45) is 3.37. The molecule has 2 aromatic rings. The quantitative estimate of drug-likeness (QED) is 0.682. The van der Waals surface area contributed by atoms with E-state index in [2.05, 4.69) is 5.32 Å². The molecule has 2 fully saturated rings. The Balaban J connectivity index is 1.64. The highest BCUT2D eigenvalue weighted by molar-refractivity contribution is 7.89. The summed E-state index contributed by atoms with van der Waals surface area (Å²) in [5, 5.41) is 3.59. The summed E-state index contributed by atoms with van der Waals surface area (Å²) in [7, 11) is -2.36. The average Bonchev–Trinajstić information content (AvgIpc) is 3.31. The number of carbonyl (C=O) groups excluding carboxylic acids is 1. The molecular formula is C23H27ClN2O5S. The van der Waals surface area contributed by atoms with Gasteiger partial charge >= 0.3 is 0 Å². The Bertz CT molecular complexity index is 1080. The molecule has 0 atom stereocenters. The Morgan fingerprint density at radius 3 is 2.38 bits per heavy atom. The lowest BCUT2D eigenvalue weighted by molar-refractivity contribution is -0.121. The van der Waals surface area contributed by atoms with Crippen LogP contribution in [0.25, 0.3) is 0 Å². The number of nitrogens with one attached hydrogen (secondary N) is 1. The van der Waals surface area contributed by atoms with Crippen LogP contribution in [0.3, 0.4) is 0 Å². The number of morpholine rings is 1. The van der Waals surface area contributed by atoms with E-state index >= 15 is 0 Å². The normalized spacial score (nSPS) is 18.9. The van der Waals surface area contributed by atoms with E-state index in [-0.39, 0.29) is 29.6 Å². The third-order valence-corrected chi connectivity index (χ3v) is 8.47. The van der Waals surface area contributed by atoms with E-state index in [4.69, 9.17) is 21.1 Å². The maximum Gasteiger partial charge on any atom is 0.246 e. The van der Waals surface area contributed by atoms with Crippen molar-refractivity contribution in [2.24, 2.45) is 0 Å². The van der Waals surface area contributed by atoms with Crippen LogP contribution in [0.1, 0.15) is 31.2 Å². The monoisotopic (exact) mass is 478 g/mol. The number of sulfonamides is 1. The maximum atomic E-state index is 13.5. The van der Waals surface area contributed by atoms with Gasteiger partial charge in [-0.15, -0.1) is 0 Å². The predicted molar refractivity (Wildman–Crippen MR) is 123 cm³/mol. The fourth-order valence-electron chi connectivity index (χ4n) is 4.53. The van der Waals surface area contributed by atoms with E-state index in [1.807, 2.05) is 12.1 Å². The largest absolute Gasteiger partial charge is 0.495 e. The van der Waals surface area contributed by atoms with Gasteiger partial charge in [-0.25, -0.2) is 8.42 Å². The van der Waals surface area contributed by atoms with Crippen molar-refractivity contribution >= 4 is 33.2 Å². The van der Waals surface area contributed by atoms with Gasteiger partial charge < -0.3 is 14.8 Å². The molecule has 1 saturated carbocycles. The first-order chi connectivity index (χ1) is 15.4. The second-order valence-corrected chi connectivity index (χ2v) is 10.5. The summed E-state index contributed by atoms with van der Waals surface area (Å²) in [4.78, 5) is 13.5. The van der Waals surface area contributed by atoms with Crippen molar-refractivity contribution in [1.29, 1.82) is 0 Å². The van der Waals surface area contributed by atoms with Crippen LogP contribution in [0.2, 0.25) is 5.02 Å². The summed E-state index contributed by atoms with van der Waals surface area (Å²) in [5.74, 6) is 0.0972. The van der Waals surface area contributed by atoms with Crippen LogP contribution in [0.4, 0.5) is 5.69 Å². The molecule has 0 unspecified atom stereocenters. The lowest BCUT2D eigenvalue weighted by Crippen LogP contribution is -2.40. The molecule has 1 aliphatic carbocycles. The van der Waals surface area contributed by atoms with Gasteiger partial charge in [0.05, 0.1) is 25.7 Å². The van der Waals surface area contributed by atoms with Crippen molar-refractivity contribution in [2.45, 2.75) is 36.0 Å². The topological polar surface area (TPSA) is 84.9 Å². The van der Waals surface area contributed by atoms with Gasteiger partial charge in [-0.1, -0.05) is 36.6 Å². The number of halogens is 1. The van der Waals surface area contributed by atoms with Crippen LogP contribution in [0, 0.1) is 0 Å². The first-order valence-corrected chi connectivity index (χ1v) is 12.5. The standard InChI is InChI=1S/C23H27ClN2O5S/c1-30-20-9-8-19(16-21(20)32(28,29)26-12-14-31-15-13-26)25-22(27)23(10-2-3-11-23)17-4-6-18(24)7-5-17/h4-9,16H,2-3,10-15H2,1H3,(H,25,27). The number of benzene rings is 2. The minimum Gasteiger partial charge on any atom is -0.495 e. The molecule has 0 spiro atoms. The van der Waals surface area contributed by atoms with Gasteiger partial charge in [0.2, 0.25) is 15.9 Å². The fraction of sp³-hybridized carbons (Fsp3) is 0.435. The van der Waals surface area contributed by atoms with Crippen molar-refractivity contribution in [3.63, 3.8) is 0 Å². The zero-order chi connectivity index (χ0) is 22.8. The molecule has 7 nitrogen and oxygen atoms in total. The highest BCUT2D eigenvalue weighted by Crippen LogP contribution is 2.42. The lowest BCUT2D eigenvalue weighted by Gasteiger charge is -2.29. The summed E-state index contributed by atoms with van der Waals surface area (Å²) in [5.41, 5.74) is 0.683. The van der Waals surface area contributed by atoms with Gasteiger partial charge in [0, 0.05) is 23.8 Å². The molecule has 32 heavy (non-hydrogen) atoms. The molecule has 2 aromatic carbocycles. The number of hydrogen-bond donors (Lipinski definition) is 1. The molecule has 9 heteroatoms. The Morgan fingerprint density at radius 1 is 1.09 bits per heavy atom. The lowest BCUT2D eigenvalue weighted by atomic mass is 9.78. The number of hydrogen-bond acceptors (Lipinski definition) is 5. The predicted octanol–water partition coefficient (Wildman–Crippen LogP) is 3.82. The Hall–Kier alpha value is -2.13. The van der Waals surface area contributed by atoms with Gasteiger partial charge in [0.1, 0.15) is 10.6 Å². The third kappa shape index (κ3) is 4.37. The van der Waals surface area contributed by atoms with Crippen LogP contribution < -0.4 is 10.1 Å². The van der Waals surface area contributed by atoms with Crippen molar-refractivity contribution in [1.82, 2.24) is 4.31 Å². The van der Waals surface area contributed by atoms with Crippen LogP contribution >= 0.6 is 11.6 Å². The second kappa shape index (κ2) is 9.39. The molecule has 1 amide bonds. The number of carbonyl (C=O) groups is 1. The van der Waals surface area contributed by atoms with Gasteiger partial charge in [0.25, 0.3) is 0 Å². The van der Waals surface area contributed by atoms with Gasteiger partial charge in [-0.3, -0.25) is 4.79 Å². The van der Waals surface area contributed by atoms with E-state index < -0.39 is 15.4 Å². The minimum absolute atomic E-state index is 0.0339. The van der Waals surface area contributed by atoms with Gasteiger partial charge in [-0.05, 0) is 48.7 Å². The first kappa shape index (κ1) is 23.0. The van der Waals surface area contributed by atoms with E-state index in [1.54, 1.807) is 24.3 Å². The van der Waals surface area contributed by atoms with E-state index in [1.165, 1.54) is 17.5 Å². The molecule has 0 aromatic heterocycles. The SMILES string of the molecule is COc1ccc(NC(=O)C2(c3ccc(Cl)cc3)CCCC2)cc1S(=O)(=O)N1CCOCC1. The summed E-state index contributed by atoms with van der Waals surface area (Å²) >= 11 is 6.04. The van der Waals surface area contributed by atoms with Crippen LogP contribution in [0.15, 0.2) is 47.4 Å². The Kier molecular flexibility index (Phi) is 6.76. The van der Waals surface area contributed by atoms with Gasteiger partial charge in [0.15, 0.2) is 0 Å². The van der Waals surface area contributed by atoms with E-state index in [0.29, 0.717) is 23.9 Å². The number of methoxy groups -OCH3 is 1. The van der Waals surface area contributed by atoms with Crippen molar-refractivity contribution in [3.8, 4) is 5.75 Å². The molecule has 172 valence electrons. The number of anilines is 1. The van der Waals surface area contributed by atoms with Crippen molar-refractivity contribution in [3.05, 3.63) is 53.1 Å². The molecule has 2 aliphatic rings. The molecule has 1 saturated heterocycles. The molecule has 1 N–H and O–H groups in total. The van der Waals surface area contributed by atoms with Crippen LogP contribution in [-0.2, 0) is 25.0 Å². The smallest absolute Gasteiger partial charge is 0.246 e. The summed E-state index contributed by atoms with van der Waals surface area (Å²) < 4.78 is 38.5. The zero-order valence-corrected chi connectivity index (χ0v) is 19.5. The molecule has 1 heterocycles. The average molecular weight is 479 g/mol. The van der Waals surface area contributed by atoms with E-state index in [0.717, 1.165) is 31.2 Å². The highest BCUT2D eigenvalue weighted by Gasteiger charge is 2.43. The van der Waals surface area contributed by atoms with Crippen LogP contribution in [-0.4, -0.2) is 52.0 Å². The molecule has 1 aliphatic heterocycles. The Morgan fingerprint density at radius 2 is 1.75 bits per heavy atom. The minimum atomic E-state index is -3.79. The fourth-order valence-corrected chi connectivity index (χ4v) is 6.24. The molecular weight excluding hydrogens is 452 g/mol. The first-order valence-electron chi connectivity index (χ1n) is 10.7. The number of amides is 1. The molecule has 4 rings (SSSR count). The zero-order valence-electron chi connectivity index (χ0n) is 18.0. The number of rotatable bonds is 6.